The van der Waals surface area contributed by atoms with Crippen LogP contribution in [0.4, 0.5) is 20.6 Å². The predicted molar refractivity (Wildman–Crippen MR) is 111 cm³/mol. The van der Waals surface area contributed by atoms with E-state index in [4.69, 9.17) is 11.6 Å². The van der Waals surface area contributed by atoms with E-state index in [-0.39, 0.29) is 28.5 Å². The number of nitrogens with one attached hydrogen (secondary N) is 1. The molecule has 2 aromatic carbocycles. The smallest absolute Gasteiger partial charge is 0.322 e. The minimum atomic E-state index is -0.544. The van der Waals surface area contributed by atoms with Gasteiger partial charge in [-0.05, 0) is 24.6 Å². The Labute approximate surface area is 177 Å². The number of benzene rings is 2. The highest BCUT2D eigenvalue weighted by Crippen LogP contribution is 2.22. The number of amides is 2. The summed E-state index contributed by atoms with van der Waals surface area (Å²) in [6, 6.07) is 9.43. The average molecular weight is 432 g/mol. The number of nitro groups is 1. The number of hydrogen-bond acceptors (Lipinski definition) is 4. The summed E-state index contributed by atoms with van der Waals surface area (Å²) in [5, 5.41) is 13.8. The van der Waals surface area contributed by atoms with Crippen molar-refractivity contribution >= 4 is 29.0 Å². The third-order valence-electron chi connectivity index (χ3n) is 4.41. The minimum Gasteiger partial charge on any atom is -0.337 e. The molecule has 1 N–H and O–H groups in total. The second kappa shape index (κ2) is 9.84. The Bertz CT molecular complexity index is 1010. The summed E-state index contributed by atoms with van der Waals surface area (Å²) >= 11 is 6.12. The zero-order valence-electron chi connectivity index (χ0n) is 15.9. The van der Waals surface area contributed by atoms with E-state index in [1.54, 1.807) is 30.9 Å². The Morgan fingerprint density at radius 1 is 1.30 bits per heavy atom. The summed E-state index contributed by atoms with van der Waals surface area (Å²) in [4.78, 5) is 28.7. The third-order valence-corrected chi connectivity index (χ3v) is 4.76. The van der Waals surface area contributed by atoms with Crippen molar-refractivity contribution in [2.45, 2.75) is 19.5 Å². The molecule has 0 spiro atoms. The van der Waals surface area contributed by atoms with Crippen molar-refractivity contribution in [1.82, 2.24) is 14.5 Å². The number of non-ortho nitro benzene ring substituents is 1. The fourth-order valence-corrected chi connectivity index (χ4v) is 3.11. The van der Waals surface area contributed by atoms with E-state index in [0.29, 0.717) is 19.5 Å². The van der Waals surface area contributed by atoms with E-state index in [9.17, 15) is 19.3 Å². The van der Waals surface area contributed by atoms with Gasteiger partial charge in [0.15, 0.2) is 0 Å². The summed E-state index contributed by atoms with van der Waals surface area (Å²) in [5.74, 6) is -0.509. The zero-order valence-corrected chi connectivity index (χ0v) is 16.6. The van der Waals surface area contributed by atoms with Crippen molar-refractivity contribution in [2.24, 2.45) is 0 Å². The molecule has 0 atom stereocenters. The van der Waals surface area contributed by atoms with Gasteiger partial charge in [-0.15, -0.1) is 0 Å². The zero-order chi connectivity index (χ0) is 21.5. The lowest BCUT2D eigenvalue weighted by atomic mass is 10.2. The van der Waals surface area contributed by atoms with Gasteiger partial charge in [-0.1, -0.05) is 23.7 Å². The maximum absolute atomic E-state index is 14.3. The second-order valence-electron chi connectivity index (χ2n) is 6.51. The monoisotopic (exact) mass is 431 g/mol. The van der Waals surface area contributed by atoms with Gasteiger partial charge in [0.25, 0.3) is 5.69 Å². The molecule has 3 aromatic rings. The van der Waals surface area contributed by atoms with Gasteiger partial charge in [0.05, 0.1) is 17.8 Å². The lowest BCUT2D eigenvalue weighted by Gasteiger charge is -2.24. The normalized spacial score (nSPS) is 10.6. The molecule has 2 amide bonds. The number of carbonyl (C=O) groups is 1. The molecule has 156 valence electrons. The van der Waals surface area contributed by atoms with Crippen LogP contribution in [0, 0.1) is 15.9 Å². The van der Waals surface area contributed by atoms with Gasteiger partial charge in [-0.25, -0.2) is 14.2 Å². The molecule has 0 aliphatic carbocycles. The first-order chi connectivity index (χ1) is 14.4. The molecule has 0 saturated carbocycles. The third kappa shape index (κ3) is 5.54. The van der Waals surface area contributed by atoms with Crippen molar-refractivity contribution in [3.63, 3.8) is 0 Å². The van der Waals surface area contributed by atoms with Gasteiger partial charge in [0.1, 0.15) is 5.82 Å². The summed E-state index contributed by atoms with van der Waals surface area (Å²) < 4.78 is 16.1. The van der Waals surface area contributed by atoms with Crippen LogP contribution in [0.3, 0.4) is 0 Å². The number of carbonyl (C=O) groups excluding carboxylic acids is 1. The molecule has 30 heavy (non-hydrogen) atoms. The van der Waals surface area contributed by atoms with E-state index in [1.165, 1.54) is 35.2 Å². The number of aryl methyl sites for hydroxylation is 1. The van der Waals surface area contributed by atoms with Gasteiger partial charge in [-0.2, -0.15) is 0 Å². The molecule has 0 unspecified atom stereocenters. The van der Waals surface area contributed by atoms with Crippen molar-refractivity contribution in [2.75, 3.05) is 11.9 Å². The number of imidazole rings is 1. The first-order valence-corrected chi connectivity index (χ1v) is 9.51. The molecule has 0 fully saturated rings. The number of rotatable bonds is 8. The van der Waals surface area contributed by atoms with Crippen molar-refractivity contribution in [3.05, 3.63) is 87.7 Å². The van der Waals surface area contributed by atoms with Gasteiger partial charge < -0.3 is 14.8 Å². The van der Waals surface area contributed by atoms with Crippen LogP contribution < -0.4 is 5.32 Å². The maximum atomic E-state index is 14.3. The molecule has 8 nitrogen and oxygen atoms in total. The second-order valence-corrected chi connectivity index (χ2v) is 6.92. The van der Waals surface area contributed by atoms with E-state index >= 15 is 0 Å². The number of urea groups is 1. The largest absolute Gasteiger partial charge is 0.337 e. The Hall–Kier alpha value is -3.46. The Morgan fingerprint density at radius 2 is 2.10 bits per heavy atom. The van der Waals surface area contributed by atoms with Crippen molar-refractivity contribution in [3.8, 4) is 0 Å². The lowest BCUT2D eigenvalue weighted by Crippen LogP contribution is -2.36. The highest BCUT2D eigenvalue weighted by molar-refractivity contribution is 6.31. The molecule has 0 bridgehead atoms. The number of aromatic nitrogens is 2. The average Bonchev–Trinajstić information content (AvgIpc) is 3.23. The first kappa shape index (κ1) is 21.3. The number of anilines is 1. The number of nitro benzene ring substituents is 1. The molecule has 0 radical (unpaired) electrons. The van der Waals surface area contributed by atoms with E-state index < -0.39 is 16.8 Å². The summed E-state index contributed by atoms with van der Waals surface area (Å²) in [5.41, 5.74) is 0.334. The summed E-state index contributed by atoms with van der Waals surface area (Å²) in [6.45, 7) is 0.880. The van der Waals surface area contributed by atoms with Crippen LogP contribution in [-0.4, -0.2) is 32.0 Å². The van der Waals surface area contributed by atoms with Crippen LogP contribution in [-0.2, 0) is 13.1 Å². The molecule has 0 aliphatic heterocycles. The van der Waals surface area contributed by atoms with Crippen LogP contribution >= 0.6 is 11.6 Å². The van der Waals surface area contributed by atoms with Gasteiger partial charge >= 0.3 is 6.03 Å². The van der Waals surface area contributed by atoms with Gasteiger partial charge in [0.2, 0.25) is 0 Å². The van der Waals surface area contributed by atoms with Crippen LogP contribution in [0.2, 0.25) is 5.02 Å². The van der Waals surface area contributed by atoms with Crippen LogP contribution in [0.5, 0.6) is 0 Å². The lowest BCUT2D eigenvalue weighted by molar-refractivity contribution is -0.384. The summed E-state index contributed by atoms with van der Waals surface area (Å²) in [6.07, 6.45) is 5.72. The summed E-state index contributed by atoms with van der Waals surface area (Å²) in [7, 11) is 0. The molecule has 0 saturated heterocycles. The molecule has 1 heterocycles. The number of hydrogen-bond donors (Lipinski definition) is 1. The molecular formula is C20H19ClFN5O3. The highest BCUT2D eigenvalue weighted by atomic mass is 35.5. The SMILES string of the molecule is O=C(Nc1cccc([N+](=O)[O-])c1)N(CCCn1ccnc1)Cc1c(F)cccc1Cl. The van der Waals surface area contributed by atoms with Gasteiger partial charge in [0, 0.05) is 53.9 Å². The fourth-order valence-electron chi connectivity index (χ4n) is 2.89. The minimum absolute atomic E-state index is 0.0454. The van der Waals surface area contributed by atoms with E-state index in [2.05, 4.69) is 10.3 Å². The standard InChI is InChI=1S/C20H19ClFN5O3/c21-18-6-2-7-19(22)17(18)13-26(10-3-9-25-11-8-23-14-25)20(28)24-15-4-1-5-16(12-15)27(29)30/h1-2,4-8,11-12,14H,3,9-10,13H2,(H,24,28). The van der Waals surface area contributed by atoms with Crippen molar-refractivity contribution < 1.29 is 14.1 Å². The molecule has 0 aliphatic rings. The Morgan fingerprint density at radius 3 is 2.80 bits per heavy atom. The van der Waals surface area contributed by atoms with Crippen LogP contribution in [0.1, 0.15) is 12.0 Å². The predicted octanol–water partition coefficient (Wildman–Crippen LogP) is 4.71. The highest BCUT2D eigenvalue weighted by Gasteiger charge is 2.19. The fraction of sp³-hybridized carbons (Fsp3) is 0.200. The quantitative estimate of drug-likeness (QED) is 0.413. The molecular weight excluding hydrogens is 413 g/mol. The molecule has 1 aromatic heterocycles. The maximum Gasteiger partial charge on any atom is 0.322 e. The van der Waals surface area contributed by atoms with E-state index in [1.807, 2.05) is 4.57 Å². The van der Waals surface area contributed by atoms with Crippen LogP contribution in [0.15, 0.2) is 61.2 Å². The Kier molecular flexibility index (Phi) is 6.97. The molecule has 10 heteroatoms. The number of halogens is 2. The first-order valence-electron chi connectivity index (χ1n) is 9.13. The van der Waals surface area contributed by atoms with Gasteiger partial charge in [-0.3, -0.25) is 10.1 Å². The topological polar surface area (TPSA) is 93.3 Å². The van der Waals surface area contributed by atoms with E-state index in [0.717, 1.165) is 0 Å². The Balaban J connectivity index is 1.75. The van der Waals surface area contributed by atoms with Crippen LogP contribution in [0.25, 0.3) is 0 Å². The van der Waals surface area contributed by atoms with Crippen molar-refractivity contribution in [1.29, 1.82) is 0 Å². The molecule has 3 rings (SSSR count). The number of nitrogens with zero attached hydrogens (tertiary/aromatic N) is 4.